The molecular weight excluding hydrogens is 248 g/mol. The van der Waals surface area contributed by atoms with E-state index in [1.807, 2.05) is 0 Å². The molecule has 0 aliphatic carbocycles. The number of nitrogen functional groups attached to an aromatic ring is 1. The highest BCUT2D eigenvalue weighted by Gasteiger charge is 2.19. The maximum atomic E-state index is 13.3. The Hall–Kier alpha value is -2.24. The Balaban J connectivity index is 2.42. The topological polar surface area (TPSA) is 38.0 Å². The minimum atomic E-state index is -1.48. The van der Waals surface area contributed by atoms with Crippen LogP contribution >= 0.6 is 0 Å². The normalized spacial score (nSPS) is 10.4. The van der Waals surface area contributed by atoms with Crippen molar-refractivity contribution < 1.29 is 17.6 Å². The van der Waals surface area contributed by atoms with Gasteiger partial charge in [-0.25, -0.2) is 17.6 Å². The molecule has 3 N–H and O–H groups in total. The van der Waals surface area contributed by atoms with Gasteiger partial charge in [0.15, 0.2) is 23.3 Å². The van der Waals surface area contributed by atoms with Gasteiger partial charge in [0.25, 0.3) is 0 Å². The molecule has 2 aromatic carbocycles. The largest absolute Gasteiger partial charge is 0.399 e. The van der Waals surface area contributed by atoms with Crippen LogP contribution in [0.4, 0.5) is 34.6 Å². The number of halogens is 4. The molecule has 0 radical (unpaired) electrons. The Morgan fingerprint density at radius 3 is 1.83 bits per heavy atom. The third-order valence-electron chi connectivity index (χ3n) is 2.29. The molecule has 0 spiro atoms. The van der Waals surface area contributed by atoms with E-state index in [4.69, 9.17) is 5.73 Å². The van der Waals surface area contributed by atoms with Gasteiger partial charge in [0.2, 0.25) is 0 Å². The van der Waals surface area contributed by atoms with E-state index >= 15 is 0 Å². The van der Waals surface area contributed by atoms with Crippen molar-refractivity contribution in [2.75, 3.05) is 11.1 Å². The smallest absolute Gasteiger partial charge is 0.185 e. The number of hydrogen-bond acceptors (Lipinski definition) is 2. The zero-order valence-corrected chi connectivity index (χ0v) is 8.98. The van der Waals surface area contributed by atoms with Crippen LogP contribution in [0.2, 0.25) is 0 Å². The molecule has 2 aromatic rings. The first-order valence-corrected chi connectivity index (χ1v) is 4.94. The second kappa shape index (κ2) is 4.56. The summed E-state index contributed by atoms with van der Waals surface area (Å²) < 4.78 is 52.6. The SMILES string of the molecule is Nc1ccc(Nc2c(F)c(F)cc(F)c2F)cc1. The molecule has 0 unspecified atom stereocenters. The van der Waals surface area contributed by atoms with Crippen LogP contribution in [-0.2, 0) is 0 Å². The van der Waals surface area contributed by atoms with E-state index in [1.165, 1.54) is 24.3 Å². The second-order valence-corrected chi connectivity index (χ2v) is 3.59. The molecule has 94 valence electrons. The van der Waals surface area contributed by atoms with Crippen molar-refractivity contribution in [3.63, 3.8) is 0 Å². The molecule has 0 aliphatic rings. The van der Waals surface area contributed by atoms with Crippen molar-refractivity contribution in [3.05, 3.63) is 53.6 Å². The predicted molar refractivity (Wildman–Crippen MR) is 60.4 cm³/mol. The Morgan fingerprint density at radius 1 is 0.833 bits per heavy atom. The van der Waals surface area contributed by atoms with E-state index in [-0.39, 0.29) is 11.8 Å². The first-order chi connectivity index (χ1) is 8.49. The highest BCUT2D eigenvalue weighted by Crippen LogP contribution is 2.27. The van der Waals surface area contributed by atoms with Gasteiger partial charge in [-0.15, -0.1) is 0 Å². The summed E-state index contributed by atoms with van der Waals surface area (Å²) in [6, 6.07) is 5.97. The van der Waals surface area contributed by atoms with Crippen molar-refractivity contribution in [2.24, 2.45) is 0 Å². The van der Waals surface area contributed by atoms with Crippen LogP contribution in [0.1, 0.15) is 0 Å². The molecule has 0 saturated heterocycles. The molecule has 0 aliphatic heterocycles. The average Bonchev–Trinajstić information content (AvgIpc) is 2.34. The van der Waals surface area contributed by atoms with E-state index in [2.05, 4.69) is 5.32 Å². The minimum Gasteiger partial charge on any atom is -0.399 e. The van der Waals surface area contributed by atoms with Crippen molar-refractivity contribution in [1.29, 1.82) is 0 Å². The molecule has 0 atom stereocenters. The number of anilines is 3. The number of nitrogens with one attached hydrogen (secondary N) is 1. The average molecular weight is 256 g/mol. The summed E-state index contributed by atoms with van der Waals surface area (Å²) in [7, 11) is 0. The molecule has 2 nitrogen and oxygen atoms in total. The van der Waals surface area contributed by atoms with Crippen molar-refractivity contribution in [2.45, 2.75) is 0 Å². The van der Waals surface area contributed by atoms with Crippen molar-refractivity contribution in [1.82, 2.24) is 0 Å². The summed E-state index contributed by atoms with van der Waals surface area (Å²) in [5.41, 5.74) is 5.26. The summed E-state index contributed by atoms with van der Waals surface area (Å²) in [5.74, 6) is -5.89. The highest BCUT2D eigenvalue weighted by atomic mass is 19.2. The standard InChI is InChI=1S/C12H8F4N2/c13-8-5-9(14)11(16)12(10(8)15)18-7-3-1-6(17)2-4-7/h1-5,18H,17H2. The Labute approximate surface area is 100 Å². The van der Waals surface area contributed by atoms with Crippen LogP contribution in [0.5, 0.6) is 0 Å². The van der Waals surface area contributed by atoms with Gasteiger partial charge in [-0.05, 0) is 24.3 Å². The maximum Gasteiger partial charge on any atom is 0.185 e. The van der Waals surface area contributed by atoms with E-state index in [1.54, 1.807) is 0 Å². The van der Waals surface area contributed by atoms with Gasteiger partial charge >= 0.3 is 0 Å². The fourth-order valence-corrected chi connectivity index (χ4v) is 1.39. The van der Waals surface area contributed by atoms with Crippen LogP contribution in [0, 0.1) is 23.3 Å². The van der Waals surface area contributed by atoms with Crippen LogP contribution in [0.25, 0.3) is 0 Å². The van der Waals surface area contributed by atoms with Crippen molar-refractivity contribution >= 4 is 17.1 Å². The van der Waals surface area contributed by atoms with E-state index in [0.717, 1.165) is 0 Å². The van der Waals surface area contributed by atoms with Gasteiger partial charge in [-0.3, -0.25) is 0 Å². The first kappa shape index (κ1) is 12.2. The molecule has 0 amide bonds. The predicted octanol–water partition coefficient (Wildman–Crippen LogP) is 3.57. The molecule has 0 bridgehead atoms. The monoisotopic (exact) mass is 256 g/mol. The lowest BCUT2D eigenvalue weighted by atomic mass is 10.2. The Morgan fingerprint density at radius 2 is 1.33 bits per heavy atom. The number of hydrogen-bond donors (Lipinski definition) is 2. The van der Waals surface area contributed by atoms with Gasteiger partial charge in [-0.2, -0.15) is 0 Å². The Kier molecular flexibility index (Phi) is 3.10. The van der Waals surface area contributed by atoms with E-state index in [9.17, 15) is 17.6 Å². The molecule has 0 aromatic heterocycles. The summed E-state index contributed by atoms with van der Waals surface area (Å²) in [5, 5.41) is 2.26. The van der Waals surface area contributed by atoms with Gasteiger partial charge < -0.3 is 11.1 Å². The lowest BCUT2D eigenvalue weighted by Crippen LogP contribution is -2.02. The fraction of sp³-hybridized carbons (Fsp3) is 0. The third kappa shape index (κ3) is 2.22. The summed E-state index contributed by atoms with van der Waals surface area (Å²) >= 11 is 0. The number of benzene rings is 2. The van der Waals surface area contributed by atoms with Crippen LogP contribution in [-0.4, -0.2) is 0 Å². The van der Waals surface area contributed by atoms with E-state index < -0.39 is 29.0 Å². The zero-order chi connectivity index (χ0) is 13.3. The quantitative estimate of drug-likeness (QED) is 0.489. The lowest BCUT2D eigenvalue weighted by molar-refractivity contribution is 0.459. The minimum absolute atomic E-state index is 0.152. The summed E-state index contributed by atoms with van der Waals surface area (Å²) in [4.78, 5) is 0. The second-order valence-electron chi connectivity index (χ2n) is 3.59. The molecular formula is C12H8F4N2. The molecule has 0 fully saturated rings. The summed E-state index contributed by atoms with van der Waals surface area (Å²) in [6.07, 6.45) is 0. The van der Waals surface area contributed by atoms with Gasteiger partial charge in [0.05, 0.1) is 0 Å². The number of nitrogens with two attached hydrogens (primary N) is 1. The molecule has 0 saturated carbocycles. The highest BCUT2D eigenvalue weighted by molar-refractivity contribution is 5.63. The molecule has 2 rings (SSSR count). The van der Waals surface area contributed by atoms with Gasteiger partial charge in [-0.1, -0.05) is 0 Å². The first-order valence-electron chi connectivity index (χ1n) is 4.94. The van der Waals surface area contributed by atoms with Crippen LogP contribution in [0.15, 0.2) is 30.3 Å². The number of rotatable bonds is 2. The van der Waals surface area contributed by atoms with E-state index in [0.29, 0.717) is 5.69 Å². The Bertz CT molecular complexity index is 555. The lowest BCUT2D eigenvalue weighted by Gasteiger charge is -2.10. The molecule has 6 heteroatoms. The van der Waals surface area contributed by atoms with Crippen LogP contribution < -0.4 is 11.1 Å². The third-order valence-corrected chi connectivity index (χ3v) is 2.29. The summed E-state index contributed by atoms with van der Waals surface area (Å²) in [6.45, 7) is 0. The fourth-order valence-electron chi connectivity index (χ4n) is 1.39. The molecule has 18 heavy (non-hydrogen) atoms. The molecule has 0 heterocycles. The zero-order valence-electron chi connectivity index (χ0n) is 8.98. The van der Waals surface area contributed by atoms with Crippen LogP contribution in [0.3, 0.4) is 0 Å². The maximum absolute atomic E-state index is 13.3. The van der Waals surface area contributed by atoms with Crippen molar-refractivity contribution in [3.8, 4) is 0 Å². The van der Waals surface area contributed by atoms with Gasteiger partial charge in [0.1, 0.15) is 5.69 Å². The van der Waals surface area contributed by atoms with Gasteiger partial charge in [0, 0.05) is 17.4 Å².